The van der Waals surface area contributed by atoms with Crippen LogP contribution in [0.4, 0.5) is 0 Å². The maximum absolute atomic E-state index is 5.55. The molecule has 0 saturated carbocycles. The van der Waals surface area contributed by atoms with Gasteiger partial charge in [-0.25, -0.2) is 0 Å². The van der Waals surface area contributed by atoms with Crippen LogP contribution in [0.1, 0.15) is 12.8 Å². The highest BCUT2D eigenvalue weighted by atomic mass is 16.9. The molecule has 4 nitrogen and oxygen atoms in total. The van der Waals surface area contributed by atoms with Crippen LogP contribution in [0.5, 0.6) is 0 Å². The Morgan fingerprint density at radius 3 is 2.45 bits per heavy atom. The molecule has 0 radical (unpaired) electrons. The number of hydrogen-bond acceptors (Lipinski definition) is 4. The minimum absolute atomic E-state index is 0.345. The van der Waals surface area contributed by atoms with E-state index in [1.54, 1.807) is 0 Å². The third-order valence-corrected chi connectivity index (χ3v) is 1.98. The molecule has 11 heavy (non-hydrogen) atoms. The third kappa shape index (κ3) is 1.90. The summed E-state index contributed by atoms with van der Waals surface area (Å²) in [5, 5.41) is 1.54. The SMILES string of the molecule is C1CN2OCCC(CCO2)O1. The van der Waals surface area contributed by atoms with E-state index in [4.69, 9.17) is 14.4 Å². The molecule has 0 N–H and O–H groups in total. The van der Waals surface area contributed by atoms with Crippen molar-refractivity contribution in [3.05, 3.63) is 0 Å². The first-order valence-electron chi connectivity index (χ1n) is 4.10. The Morgan fingerprint density at radius 2 is 1.73 bits per heavy atom. The highest BCUT2D eigenvalue weighted by Crippen LogP contribution is 2.13. The normalized spacial score (nSPS) is 39.3. The molecule has 4 heteroatoms. The third-order valence-electron chi connectivity index (χ3n) is 1.98. The molecule has 0 aliphatic carbocycles. The van der Waals surface area contributed by atoms with Crippen LogP contribution in [0.15, 0.2) is 0 Å². The quantitative estimate of drug-likeness (QED) is 0.510. The van der Waals surface area contributed by atoms with Gasteiger partial charge in [-0.2, -0.15) is 0 Å². The van der Waals surface area contributed by atoms with Gasteiger partial charge in [-0.3, -0.25) is 9.68 Å². The van der Waals surface area contributed by atoms with Crippen LogP contribution < -0.4 is 0 Å². The first-order valence-corrected chi connectivity index (χ1v) is 4.10. The summed E-state index contributed by atoms with van der Waals surface area (Å²) in [5.74, 6) is 0. The van der Waals surface area contributed by atoms with E-state index in [0.29, 0.717) is 25.9 Å². The number of fused-ring (bicyclic) bond motifs is 6. The molecular weight excluding hydrogens is 146 g/mol. The maximum atomic E-state index is 5.55. The molecule has 0 aromatic rings. The number of hydrogen-bond donors (Lipinski definition) is 0. The minimum atomic E-state index is 0.345. The molecule has 3 heterocycles. The fourth-order valence-corrected chi connectivity index (χ4v) is 1.34. The van der Waals surface area contributed by atoms with E-state index < -0.39 is 0 Å². The summed E-state index contributed by atoms with van der Waals surface area (Å²) in [6, 6.07) is 0. The van der Waals surface area contributed by atoms with Gasteiger partial charge in [-0.05, 0) is 12.8 Å². The predicted molar refractivity (Wildman–Crippen MR) is 37.6 cm³/mol. The maximum Gasteiger partial charge on any atom is 0.0751 e. The summed E-state index contributed by atoms with van der Waals surface area (Å²) in [6.45, 7) is 2.86. The van der Waals surface area contributed by atoms with Crippen LogP contribution in [0, 0.1) is 0 Å². The molecule has 0 amide bonds. The standard InChI is InChI=1S/C7H13NO3/c1-4-10-8-3-6-9-7(1)2-5-11-8/h7H,1-6H2. The summed E-state index contributed by atoms with van der Waals surface area (Å²) in [6.07, 6.45) is 2.32. The van der Waals surface area contributed by atoms with E-state index >= 15 is 0 Å². The van der Waals surface area contributed by atoms with Gasteiger partial charge >= 0.3 is 0 Å². The van der Waals surface area contributed by atoms with Gasteiger partial charge in [0.1, 0.15) is 0 Å². The van der Waals surface area contributed by atoms with E-state index in [0.717, 1.165) is 19.4 Å². The predicted octanol–water partition coefficient (Wildman–Crippen LogP) is 0.344. The summed E-state index contributed by atoms with van der Waals surface area (Å²) in [7, 11) is 0. The topological polar surface area (TPSA) is 30.9 Å². The Balaban J connectivity index is 1.96. The van der Waals surface area contributed by atoms with E-state index in [1.807, 2.05) is 0 Å². The van der Waals surface area contributed by atoms with Gasteiger partial charge in [0.25, 0.3) is 0 Å². The average Bonchev–Trinajstić information content (AvgIpc) is 1.80. The van der Waals surface area contributed by atoms with Gasteiger partial charge in [0, 0.05) is 0 Å². The van der Waals surface area contributed by atoms with Crippen molar-refractivity contribution in [1.82, 2.24) is 5.23 Å². The number of rotatable bonds is 0. The molecule has 3 saturated heterocycles. The molecule has 0 aromatic carbocycles. The van der Waals surface area contributed by atoms with Gasteiger partial charge in [0.2, 0.25) is 0 Å². The molecule has 3 aliphatic rings. The van der Waals surface area contributed by atoms with Crippen molar-refractivity contribution in [2.24, 2.45) is 0 Å². The lowest BCUT2D eigenvalue weighted by Gasteiger charge is -2.30. The van der Waals surface area contributed by atoms with Crippen molar-refractivity contribution in [2.45, 2.75) is 18.9 Å². The fraction of sp³-hybridized carbons (Fsp3) is 1.00. The van der Waals surface area contributed by atoms with Crippen molar-refractivity contribution >= 4 is 0 Å². The lowest BCUT2D eigenvalue weighted by atomic mass is 10.2. The van der Waals surface area contributed by atoms with Gasteiger partial charge in [-0.15, -0.1) is 0 Å². The highest BCUT2D eigenvalue weighted by Gasteiger charge is 2.20. The lowest BCUT2D eigenvalue weighted by molar-refractivity contribution is -0.388. The van der Waals surface area contributed by atoms with Crippen molar-refractivity contribution in [1.29, 1.82) is 0 Å². The van der Waals surface area contributed by atoms with E-state index in [2.05, 4.69) is 0 Å². The van der Waals surface area contributed by atoms with Crippen molar-refractivity contribution in [3.63, 3.8) is 0 Å². The Morgan fingerprint density at radius 1 is 1.00 bits per heavy atom. The second-order valence-electron chi connectivity index (χ2n) is 2.79. The Kier molecular flexibility index (Phi) is 2.38. The molecule has 0 spiro atoms. The van der Waals surface area contributed by atoms with E-state index in [-0.39, 0.29) is 0 Å². The van der Waals surface area contributed by atoms with Crippen LogP contribution in [0.3, 0.4) is 0 Å². The number of hydroxylamine groups is 2. The van der Waals surface area contributed by atoms with Gasteiger partial charge in [0.05, 0.1) is 32.5 Å². The summed E-state index contributed by atoms with van der Waals surface area (Å²) in [4.78, 5) is 10.6. The van der Waals surface area contributed by atoms with Gasteiger partial charge < -0.3 is 4.74 Å². The molecule has 3 aliphatic heterocycles. The van der Waals surface area contributed by atoms with E-state index in [1.165, 1.54) is 5.23 Å². The van der Waals surface area contributed by atoms with Crippen molar-refractivity contribution in [2.75, 3.05) is 26.4 Å². The number of nitrogens with zero attached hydrogens (tertiary/aromatic N) is 1. The summed E-state index contributed by atoms with van der Waals surface area (Å²) >= 11 is 0. The second-order valence-corrected chi connectivity index (χ2v) is 2.79. The van der Waals surface area contributed by atoms with Crippen molar-refractivity contribution < 1.29 is 14.4 Å². The smallest absolute Gasteiger partial charge is 0.0751 e. The van der Waals surface area contributed by atoms with Crippen LogP contribution in [0.2, 0.25) is 0 Å². The molecule has 0 atom stereocenters. The highest BCUT2D eigenvalue weighted by molar-refractivity contribution is 4.61. The zero-order chi connectivity index (χ0) is 7.52. The van der Waals surface area contributed by atoms with Gasteiger partial charge in [0.15, 0.2) is 0 Å². The Bertz CT molecular complexity index is 95.1. The van der Waals surface area contributed by atoms with Crippen LogP contribution in [-0.2, 0) is 14.4 Å². The fourth-order valence-electron chi connectivity index (χ4n) is 1.34. The molecule has 3 rings (SSSR count). The zero-order valence-electron chi connectivity index (χ0n) is 6.49. The summed E-state index contributed by atoms with van der Waals surface area (Å²) < 4.78 is 5.55. The minimum Gasteiger partial charge on any atom is -0.377 e. The second kappa shape index (κ2) is 3.49. The lowest BCUT2D eigenvalue weighted by Crippen LogP contribution is -2.38. The largest absolute Gasteiger partial charge is 0.377 e. The Hall–Kier alpha value is -0.160. The van der Waals surface area contributed by atoms with Gasteiger partial charge in [-0.1, -0.05) is 5.23 Å². The molecule has 64 valence electrons. The zero-order valence-corrected chi connectivity index (χ0v) is 6.49. The molecule has 0 unspecified atom stereocenters. The monoisotopic (exact) mass is 159 g/mol. The first kappa shape index (κ1) is 7.49. The van der Waals surface area contributed by atoms with Crippen LogP contribution >= 0.6 is 0 Å². The van der Waals surface area contributed by atoms with Crippen LogP contribution in [0.25, 0.3) is 0 Å². The summed E-state index contributed by atoms with van der Waals surface area (Å²) in [5.41, 5.74) is 0. The van der Waals surface area contributed by atoms with Crippen molar-refractivity contribution in [3.8, 4) is 0 Å². The molecule has 0 aromatic heterocycles. The number of ether oxygens (including phenoxy) is 1. The molecule has 2 bridgehead atoms. The average molecular weight is 159 g/mol. The Labute approximate surface area is 65.9 Å². The molecule has 3 fully saturated rings. The first-order chi connectivity index (χ1) is 5.45. The van der Waals surface area contributed by atoms with Crippen LogP contribution in [-0.4, -0.2) is 37.7 Å². The van der Waals surface area contributed by atoms with E-state index in [9.17, 15) is 0 Å². The molecular formula is C7H13NO3.